The van der Waals surface area contributed by atoms with Crippen molar-refractivity contribution < 1.29 is 9.13 Å². The van der Waals surface area contributed by atoms with E-state index in [1.54, 1.807) is 12.1 Å². The Morgan fingerprint density at radius 2 is 2.13 bits per heavy atom. The third-order valence-electron chi connectivity index (χ3n) is 2.66. The van der Waals surface area contributed by atoms with Crippen molar-refractivity contribution in [2.75, 3.05) is 13.1 Å². The van der Waals surface area contributed by atoms with Crippen LogP contribution in [0.5, 0.6) is 5.75 Å². The van der Waals surface area contributed by atoms with Gasteiger partial charge < -0.3 is 10.1 Å². The van der Waals surface area contributed by atoms with E-state index in [0.29, 0.717) is 5.56 Å². The minimum atomic E-state index is -0.910. The van der Waals surface area contributed by atoms with Gasteiger partial charge in [0.2, 0.25) is 0 Å². The van der Waals surface area contributed by atoms with Gasteiger partial charge in [-0.3, -0.25) is 0 Å². The molecule has 2 unspecified atom stereocenters. The molecule has 0 saturated carbocycles. The van der Waals surface area contributed by atoms with Gasteiger partial charge >= 0.3 is 0 Å². The zero-order valence-electron chi connectivity index (χ0n) is 8.87. The lowest BCUT2D eigenvalue weighted by Gasteiger charge is -2.12. The van der Waals surface area contributed by atoms with E-state index in [9.17, 15) is 4.39 Å². The van der Waals surface area contributed by atoms with Gasteiger partial charge in [-0.1, -0.05) is 12.1 Å². The third kappa shape index (κ3) is 2.69. The summed E-state index contributed by atoms with van der Waals surface area (Å²) in [6.45, 7) is 3.46. The van der Waals surface area contributed by atoms with Crippen LogP contribution in [0.25, 0.3) is 0 Å². The van der Waals surface area contributed by atoms with Gasteiger partial charge in [-0.2, -0.15) is 0 Å². The minimum absolute atomic E-state index is 0.263. The molecule has 1 aromatic carbocycles. The highest BCUT2D eigenvalue weighted by Gasteiger charge is 2.15. The third-order valence-corrected chi connectivity index (χ3v) is 2.66. The van der Waals surface area contributed by atoms with Crippen LogP contribution < -0.4 is 10.1 Å². The van der Waals surface area contributed by atoms with Crippen molar-refractivity contribution in [2.45, 2.75) is 25.6 Å². The first-order valence-corrected chi connectivity index (χ1v) is 5.37. The van der Waals surface area contributed by atoms with Crippen molar-refractivity contribution in [3.8, 4) is 5.75 Å². The molecular weight excluding hydrogens is 193 g/mol. The van der Waals surface area contributed by atoms with Crippen LogP contribution in [-0.4, -0.2) is 19.2 Å². The Morgan fingerprint density at radius 1 is 1.40 bits per heavy atom. The highest BCUT2D eigenvalue weighted by molar-refractivity contribution is 5.28. The van der Waals surface area contributed by atoms with Crippen molar-refractivity contribution >= 4 is 0 Å². The maximum absolute atomic E-state index is 12.9. The van der Waals surface area contributed by atoms with E-state index in [2.05, 4.69) is 5.32 Å². The van der Waals surface area contributed by atoms with E-state index in [1.165, 1.54) is 6.92 Å². The molecule has 0 aliphatic carbocycles. The number of benzene rings is 1. The lowest BCUT2D eigenvalue weighted by Crippen LogP contribution is -2.19. The molecule has 0 amide bonds. The number of hydrogen-bond acceptors (Lipinski definition) is 2. The van der Waals surface area contributed by atoms with E-state index in [0.717, 1.165) is 25.3 Å². The molecule has 3 heteroatoms. The topological polar surface area (TPSA) is 21.3 Å². The van der Waals surface area contributed by atoms with Crippen molar-refractivity contribution in [1.29, 1.82) is 0 Å². The number of rotatable bonds is 3. The average molecular weight is 209 g/mol. The molecular formula is C12H16FNO. The average Bonchev–Trinajstić information content (AvgIpc) is 2.71. The Labute approximate surface area is 89.4 Å². The molecule has 1 aliphatic heterocycles. The van der Waals surface area contributed by atoms with Gasteiger partial charge in [-0.05, 0) is 37.6 Å². The van der Waals surface area contributed by atoms with Crippen molar-refractivity contribution in [3.05, 3.63) is 29.8 Å². The maximum Gasteiger partial charge on any atom is 0.122 e. The van der Waals surface area contributed by atoms with E-state index in [1.807, 2.05) is 12.1 Å². The fraction of sp³-hybridized carbons (Fsp3) is 0.500. The second kappa shape index (κ2) is 4.62. The summed E-state index contributed by atoms with van der Waals surface area (Å²) < 4.78 is 18.6. The quantitative estimate of drug-likeness (QED) is 0.825. The van der Waals surface area contributed by atoms with Crippen LogP contribution in [-0.2, 0) is 0 Å². The monoisotopic (exact) mass is 209 g/mol. The summed E-state index contributed by atoms with van der Waals surface area (Å²) in [5.74, 6) is 0.827. The van der Waals surface area contributed by atoms with Gasteiger partial charge in [-0.25, -0.2) is 4.39 Å². The SMILES string of the molecule is CC(F)c1ccc(OC2CCNC2)cc1. The Balaban J connectivity index is 1.97. The van der Waals surface area contributed by atoms with Crippen molar-refractivity contribution in [3.63, 3.8) is 0 Å². The summed E-state index contributed by atoms with van der Waals surface area (Å²) in [6.07, 6.45) is 0.396. The Morgan fingerprint density at radius 3 is 2.67 bits per heavy atom. The molecule has 0 bridgehead atoms. The van der Waals surface area contributed by atoms with Crippen LogP contribution >= 0.6 is 0 Å². The number of alkyl halides is 1. The number of ether oxygens (including phenoxy) is 1. The van der Waals surface area contributed by atoms with Crippen LogP contribution in [0, 0.1) is 0 Å². The number of halogens is 1. The highest BCUT2D eigenvalue weighted by atomic mass is 19.1. The van der Waals surface area contributed by atoms with Gasteiger partial charge in [0.05, 0.1) is 0 Å². The van der Waals surface area contributed by atoms with Gasteiger partial charge in [0.25, 0.3) is 0 Å². The Bertz CT molecular complexity index is 304. The summed E-state index contributed by atoms with van der Waals surface area (Å²) >= 11 is 0. The summed E-state index contributed by atoms with van der Waals surface area (Å²) in [5.41, 5.74) is 0.701. The molecule has 1 aromatic rings. The second-order valence-electron chi connectivity index (χ2n) is 3.92. The first-order chi connectivity index (χ1) is 7.25. The normalized spacial score (nSPS) is 22.7. The smallest absolute Gasteiger partial charge is 0.122 e. The van der Waals surface area contributed by atoms with Crippen LogP contribution in [0.3, 0.4) is 0 Å². The Hall–Kier alpha value is -1.09. The molecule has 2 nitrogen and oxygen atoms in total. The van der Waals surface area contributed by atoms with E-state index in [-0.39, 0.29) is 6.10 Å². The molecule has 2 rings (SSSR count). The summed E-state index contributed by atoms with van der Waals surface area (Å²) in [6, 6.07) is 7.23. The maximum atomic E-state index is 12.9. The van der Waals surface area contributed by atoms with E-state index < -0.39 is 6.17 Å². The molecule has 1 heterocycles. The van der Waals surface area contributed by atoms with Crippen LogP contribution in [0.1, 0.15) is 25.1 Å². The zero-order valence-corrected chi connectivity index (χ0v) is 8.87. The lowest BCUT2D eigenvalue weighted by molar-refractivity contribution is 0.223. The van der Waals surface area contributed by atoms with Crippen LogP contribution in [0.15, 0.2) is 24.3 Å². The van der Waals surface area contributed by atoms with E-state index in [4.69, 9.17) is 4.74 Å². The summed E-state index contributed by atoms with van der Waals surface area (Å²) in [4.78, 5) is 0. The Kier molecular flexibility index (Phi) is 3.21. The number of hydrogen-bond donors (Lipinski definition) is 1. The molecule has 0 aromatic heterocycles. The molecule has 82 valence electrons. The predicted octanol–water partition coefficient (Wildman–Crippen LogP) is 2.46. The molecule has 0 radical (unpaired) electrons. The molecule has 0 spiro atoms. The highest BCUT2D eigenvalue weighted by Crippen LogP contribution is 2.21. The van der Waals surface area contributed by atoms with Gasteiger partial charge in [-0.15, -0.1) is 0 Å². The summed E-state index contributed by atoms with van der Waals surface area (Å²) in [7, 11) is 0. The fourth-order valence-corrected chi connectivity index (χ4v) is 1.73. The second-order valence-corrected chi connectivity index (χ2v) is 3.92. The van der Waals surface area contributed by atoms with Gasteiger partial charge in [0.1, 0.15) is 18.0 Å². The molecule has 1 N–H and O–H groups in total. The first-order valence-electron chi connectivity index (χ1n) is 5.37. The van der Waals surface area contributed by atoms with Gasteiger partial charge in [0.15, 0.2) is 0 Å². The standard InChI is InChI=1S/C12H16FNO/c1-9(13)10-2-4-11(5-3-10)15-12-6-7-14-8-12/h2-5,9,12,14H,6-8H2,1H3. The number of nitrogens with one attached hydrogen (secondary N) is 1. The summed E-state index contributed by atoms with van der Waals surface area (Å²) in [5, 5.41) is 3.24. The molecule has 2 atom stereocenters. The van der Waals surface area contributed by atoms with Gasteiger partial charge in [0, 0.05) is 6.54 Å². The first kappa shape index (κ1) is 10.4. The van der Waals surface area contributed by atoms with Crippen LogP contribution in [0.4, 0.5) is 4.39 Å². The molecule has 1 saturated heterocycles. The zero-order chi connectivity index (χ0) is 10.7. The lowest BCUT2D eigenvalue weighted by atomic mass is 10.1. The predicted molar refractivity (Wildman–Crippen MR) is 57.9 cm³/mol. The molecule has 1 aliphatic rings. The largest absolute Gasteiger partial charge is 0.489 e. The molecule has 1 fully saturated rings. The van der Waals surface area contributed by atoms with Crippen molar-refractivity contribution in [2.24, 2.45) is 0 Å². The van der Waals surface area contributed by atoms with Crippen LogP contribution in [0.2, 0.25) is 0 Å². The molecule has 15 heavy (non-hydrogen) atoms. The van der Waals surface area contributed by atoms with E-state index >= 15 is 0 Å². The fourth-order valence-electron chi connectivity index (χ4n) is 1.73. The van der Waals surface area contributed by atoms with Crippen molar-refractivity contribution in [1.82, 2.24) is 5.32 Å². The minimum Gasteiger partial charge on any atom is -0.489 e.